The summed E-state index contributed by atoms with van der Waals surface area (Å²) >= 11 is 0. The molecule has 0 aromatic heterocycles. The van der Waals surface area contributed by atoms with E-state index in [1.54, 1.807) is 0 Å². The number of esters is 1. The van der Waals surface area contributed by atoms with Gasteiger partial charge in [-0.05, 0) is 19.8 Å². The lowest BCUT2D eigenvalue weighted by Gasteiger charge is -2.21. The fraction of sp³-hybridized carbons (Fsp3) is 0.700. The molecule has 84 valence electrons. The van der Waals surface area contributed by atoms with Gasteiger partial charge in [0.25, 0.3) is 0 Å². The SMILES string of the molecule is CC(=O)COC(=O)[C@@H]1CCCN1C(C)=O. The molecule has 5 nitrogen and oxygen atoms in total. The third kappa shape index (κ3) is 3.04. The quantitative estimate of drug-likeness (QED) is 0.625. The lowest BCUT2D eigenvalue weighted by atomic mass is 10.2. The van der Waals surface area contributed by atoms with Gasteiger partial charge in [-0.1, -0.05) is 0 Å². The highest BCUT2D eigenvalue weighted by molar-refractivity contribution is 5.86. The van der Waals surface area contributed by atoms with E-state index in [2.05, 4.69) is 0 Å². The Morgan fingerprint density at radius 3 is 2.53 bits per heavy atom. The molecule has 0 aromatic carbocycles. The number of amides is 1. The van der Waals surface area contributed by atoms with E-state index in [0.29, 0.717) is 13.0 Å². The van der Waals surface area contributed by atoms with Gasteiger partial charge in [0.1, 0.15) is 12.6 Å². The lowest BCUT2D eigenvalue weighted by molar-refractivity contribution is -0.155. The minimum Gasteiger partial charge on any atom is -0.456 e. The summed E-state index contributed by atoms with van der Waals surface area (Å²) in [7, 11) is 0. The number of rotatable bonds is 3. The number of carbonyl (C=O) groups excluding carboxylic acids is 3. The predicted molar refractivity (Wildman–Crippen MR) is 52.0 cm³/mol. The molecule has 0 bridgehead atoms. The molecule has 1 heterocycles. The Kier molecular flexibility index (Phi) is 3.82. The highest BCUT2D eigenvalue weighted by Gasteiger charge is 2.33. The first kappa shape index (κ1) is 11.7. The number of ketones is 1. The molecule has 0 spiro atoms. The van der Waals surface area contributed by atoms with Crippen molar-refractivity contribution in [1.82, 2.24) is 4.90 Å². The zero-order valence-corrected chi connectivity index (χ0v) is 8.99. The van der Waals surface area contributed by atoms with Crippen LogP contribution in [-0.4, -0.2) is 41.8 Å². The number of hydrogen-bond acceptors (Lipinski definition) is 4. The lowest BCUT2D eigenvalue weighted by Crippen LogP contribution is -2.40. The van der Waals surface area contributed by atoms with Crippen LogP contribution in [0.25, 0.3) is 0 Å². The topological polar surface area (TPSA) is 63.7 Å². The van der Waals surface area contributed by atoms with Gasteiger partial charge in [0.15, 0.2) is 5.78 Å². The maximum absolute atomic E-state index is 11.5. The highest BCUT2D eigenvalue weighted by atomic mass is 16.5. The van der Waals surface area contributed by atoms with Crippen molar-refractivity contribution >= 4 is 17.7 Å². The second-order valence-electron chi connectivity index (χ2n) is 3.68. The van der Waals surface area contributed by atoms with E-state index in [1.807, 2.05) is 0 Å². The van der Waals surface area contributed by atoms with Crippen molar-refractivity contribution in [1.29, 1.82) is 0 Å². The molecule has 0 radical (unpaired) electrons. The van der Waals surface area contributed by atoms with Crippen LogP contribution in [-0.2, 0) is 19.1 Å². The summed E-state index contributed by atoms with van der Waals surface area (Å²) in [6, 6.07) is -0.498. The average molecular weight is 213 g/mol. The number of nitrogens with zero attached hydrogens (tertiary/aromatic N) is 1. The summed E-state index contributed by atoms with van der Waals surface area (Å²) in [5, 5.41) is 0. The van der Waals surface area contributed by atoms with Crippen LogP contribution in [0.15, 0.2) is 0 Å². The number of ether oxygens (including phenoxy) is 1. The largest absolute Gasteiger partial charge is 0.456 e. The van der Waals surface area contributed by atoms with Gasteiger partial charge >= 0.3 is 5.97 Å². The molecule has 0 aromatic rings. The van der Waals surface area contributed by atoms with Crippen LogP contribution >= 0.6 is 0 Å². The minimum atomic E-state index is -0.498. The van der Waals surface area contributed by atoms with Crippen molar-refractivity contribution in [2.24, 2.45) is 0 Å². The summed E-state index contributed by atoms with van der Waals surface area (Å²) in [4.78, 5) is 34.8. The summed E-state index contributed by atoms with van der Waals surface area (Å²) in [5.74, 6) is -0.800. The molecular formula is C10H15NO4. The Morgan fingerprint density at radius 2 is 2.00 bits per heavy atom. The van der Waals surface area contributed by atoms with E-state index in [9.17, 15) is 14.4 Å². The molecule has 0 saturated carbocycles. The van der Waals surface area contributed by atoms with E-state index < -0.39 is 12.0 Å². The second kappa shape index (κ2) is 4.91. The fourth-order valence-corrected chi connectivity index (χ4v) is 1.66. The molecule has 1 rings (SSSR count). The summed E-state index contributed by atoms with van der Waals surface area (Å²) < 4.78 is 4.79. The van der Waals surface area contributed by atoms with Crippen LogP contribution in [0.2, 0.25) is 0 Å². The van der Waals surface area contributed by atoms with Crippen molar-refractivity contribution in [2.75, 3.05) is 13.2 Å². The maximum Gasteiger partial charge on any atom is 0.329 e. The van der Waals surface area contributed by atoms with Crippen LogP contribution in [0.1, 0.15) is 26.7 Å². The van der Waals surface area contributed by atoms with Crippen LogP contribution in [0.3, 0.4) is 0 Å². The van der Waals surface area contributed by atoms with E-state index in [-0.39, 0.29) is 18.3 Å². The van der Waals surface area contributed by atoms with Crippen LogP contribution in [0.5, 0.6) is 0 Å². The molecule has 1 saturated heterocycles. The van der Waals surface area contributed by atoms with Crippen molar-refractivity contribution in [3.63, 3.8) is 0 Å². The predicted octanol–water partition coefficient (Wildman–Crippen LogP) is 0.129. The molecular weight excluding hydrogens is 198 g/mol. The normalized spacial score (nSPS) is 20.1. The van der Waals surface area contributed by atoms with Gasteiger partial charge in [-0.25, -0.2) is 4.79 Å². The maximum atomic E-state index is 11.5. The van der Waals surface area contributed by atoms with Crippen LogP contribution in [0.4, 0.5) is 0 Å². The molecule has 1 atom stereocenters. The van der Waals surface area contributed by atoms with Gasteiger partial charge in [0.05, 0.1) is 0 Å². The summed E-state index contributed by atoms with van der Waals surface area (Å²) in [6.07, 6.45) is 1.43. The number of Topliss-reactive ketones (excluding diaryl/α,β-unsaturated/α-hetero) is 1. The Bertz CT molecular complexity index is 287. The number of hydrogen-bond donors (Lipinski definition) is 0. The molecule has 1 aliphatic rings. The third-order valence-electron chi connectivity index (χ3n) is 2.35. The Hall–Kier alpha value is -1.39. The standard InChI is InChI=1S/C10H15NO4/c1-7(12)6-15-10(14)9-4-3-5-11(9)8(2)13/h9H,3-6H2,1-2H3/t9-/m0/s1. The third-order valence-corrected chi connectivity index (χ3v) is 2.35. The molecule has 0 N–H and O–H groups in total. The molecule has 1 fully saturated rings. The van der Waals surface area contributed by atoms with E-state index in [4.69, 9.17) is 4.74 Å². The van der Waals surface area contributed by atoms with Crippen LogP contribution in [0, 0.1) is 0 Å². The van der Waals surface area contributed by atoms with Gasteiger partial charge < -0.3 is 9.64 Å². The Labute approximate surface area is 88.4 Å². The minimum absolute atomic E-state index is 0.128. The number of carbonyl (C=O) groups is 3. The zero-order valence-electron chi connectivity index (χ0n) is 8.99. The first-order valence-corrected chi connectivity index (χ1v) is 4.95. The molecule has 1 aliphatic heterocycles. The molecule has 5 heteroatoms. The average Bonchev–Trinajstić information content (AvgIpc) is 2.62. The second-order valence-corrected chi connectivity index (χ2v) is 3.68. The van der Waals surface area contributed by atoms with Gasteiger partial charge in [-0.2, -0.15) is 0 Å². The fourth-order valence-electron chi connectivity index (χ4n) is 1.66. The van der Waals surface area contributed by atoms with Gasteiger partial charge in [-0.3, -0.25) is 9.59 Å². The van der Waals surface area contributed by atoms with Crippen molar-refractivity contribution < 1.29 is 19.1 Å². The van der Waals surface area contributed by atoms with Gasteiger partial charge in [-0.15, -0.1) is 0 Å². The summed E-state index contributed by atoms with van der Waals surface area (Å²) in [6.45, 7) is 3.16. The first-order chi connectivity index (χ1) is 7.02. The van der Waals surface area contributed by atoms with E-state index in [1.165, 1.54) is 18.7 Å². The molecule has 0 aliphatic carbocycles. The highest BCUT2D eigenvalue weighted by Crippen LogP contribution is 2.18. The Morgan fingerprint density at radius 1 is 1.33 bits per heavy atom. The van der Waals surface area contributed by atoms with Crippen molar-refractivity contribution in [3.05, 3.63) is 0 Å². The molecule has 1 amide bonds. The Balaban J connectivity index is 2.51. The van der Waals surface area contributed by atoms with Crippen molar-refractivity contribution in [2.45, 2.75) is 32.7 Å². The van der Waals surface area contributed by atoms with Gasteiger partial charge in [0.2, 0.25) is 5.91 Å². The van der Waals surface area contributed by atoms with Crippen LogP contribution < -0.4 is 0 Å². The zero-order chi connectivity index (χ0) is 11.4. The smallest absolute Gasteiger partial charge is 0.329 e. The monoisotopic (exact) mass is 213 g/mol. The first-order valence-electron chi connectivity index (χ1n) is 4.95. The molecule has 0 unspecified atom stereocenters. The van der Waals surface area contributed by atoms with Crippen molar-refractivity contribution in [3.8, 4) is 0 Å². The molecule has 15 heavy (non-hydrogen) atoms. The van der Waals surface area contributed by atoms with Gasteiger partial charge in [0, 0.05) is 13.5 Å². The number of likely N-dealkylation sites (tertiary alicyclic amines) is 1. The van der Waals surface area contributed by atoms with E-state index in [0.717, 1.165) is 6.42 Å². The summed E-state index contributed by atoms with van der Waals surface area (Å²) in [5.41, 5.74) is 0. The van der Waals surface area contributed by atoms with E-state index >= 15 is 0 Å².